The molecule has 0 saturated carbocycles. The second kappa shape index (κ2) is 9.00. The summed E-state index contributed by atoms with van der Waals surface area (Å²) in [4.78, 5) is 32.3. The van der Waals surface area contributed by atoms with E-state index in [1.807, 2.05) is 54.0 Å². The number of aromatic nitrogens is 1. The number of nitrogens with zero attached hydrogens (tertiary/aromatic N) is 4. The van der Waals surface area contributed by atoms with E-state index < -0.39 is 0 Å². The summed E-state index contributed by atoms with van der Waals surface area (Å²) in [6.45, 7) is 7.89. The summed E-state index contributed by atoms with van der Waals surface area (Å²) in [6, 6.07) is 9.85. The van der Waals surface area contributed by atoms with Crippen LogP contribution in [0.2, 0.25) is 0 Å². The van der Waals surface area contributed by atoms with Crippen LogP contribution in [0.4, 0.5) is 0 Å². The van der Waals surface area contributed by atoms with Gasteiger partial charge < -0.3 is 14.3 Å². The van der Waals surface area contributed by atoms with Crippen LogP contribution < -0.4 is 0 Å². The van der Waals surface area contributed by atoms with E-state index >= 15 is 0 Å². The number of amides is 2. The molecule has 0 spiro atoms. The van der Waals surface area contributed by atoms with E-state index in [2.05, 4.69) is 10.1 Å². The highest BCUT2D eigenvalue weighted by Gasteiger charge is 2.34. The average molecular weight is 411 g/mol. The Morgan fingerprint density at radius 2 is 1.60 bits per heavy atom. The van der Waals surface area contributed by atoms with Gasteiger partial charge in [0.05, 0.1) is 12.1 Å². The normalized spacial score (nSPS) is 18.6. The molecule has 2 aliphatic rings. The quantitative estimate of drug-likeness (QED) is 0.757. The largest absolute Gasteiger partial charge is 0.361 e. The lowest BCUT2D eigenvalue weighted by molar-refractivity contribution is -0.142. The summed E-state index contributed by atoms with van der Waals surface area (Å²) in [7, 11) is 0. The predicted octanol–water partition coefficient (Wildman–Crippen LogP) is 2.34. The third-order valence-corrected chi connectivity index (χ3v) is 6.31. The summed E-state index contributed by atoms with van der Waals surface area (Å²) in [5.74, 6) is 0.919. The molecule has 160 valence electrons. The van der Waals surface area contributed by atoms with Crippen LogP contribution in [0, 0.1) is 13.8 Å². The first-order valence-corrected chi connectivity index (χ1v) is 10.8. The monoisotopic (exact) mass is 410 g/mol. The summed E-state index contributed by atoms with van der Waals surface area (Å²) >= 11 is 0. The number of carbonyl (C=O) groups is 2. The molecular weight excluding hydrogens is 380 g/mol. The van der Waals surface area contributed by atoms with Crippen LogP contribution in [0.25, 0.3) is 0 Å². The lowest BCUT2D eigenvalue weighted by Gasteiger charge is -2.38. The SMILES string of the molecule is Cc1noc(C)c1CC(=O)N1CCN(C(=O)C(c2ccccc2)N2CCCC2)CC1. The first-order chi connectivity index (χ1) is 14.5. The van der Waals surface area contributed by atoms with Crippen LogP contribution in [0.1, 0.15) is 41.5 Å². The fourth-order valence-corrected chi connectivity index (χ4v) is 4.51. The molecule has 0 radical (unpaired) electrons. The zero-order valence-corrected chi connectivity index (χ0v) is 17.8. The van der Waals surface area contributed by atoms with Crippen LogP contribution >= 0.6 is 0 Å². The third-order valence-electron chi connectivity index (χ3n) is 6.31. The van der Waals surface area contributed by atoms with Crippen molar-refractivity contribution >= 4 is 11.8 Å². The molecule has 30 heavy (non-hydrogen) atoms. The van der Waals surface area contributed by atoms with Crippen molar-refractivity contribution in [3.63, 3.8) is 0 Å². The average Bonchev–Trinajstić information content (AvgIpc) is 3.40. The fourth-order valence-electron chi connectivity index (χ4n) is 4.51. The molecule has 0 bridgehead atoms. The first kappa shape index (κ1) is 20.6. The van der Waals surface area contributed by atoms with Gasteiger partial charge in [0, 0.05) is 31.7 Å². The highest BCUT2D eigenvalue weighted by Crippen LogP contribution is 2.27. The minimum atomic E-state index is -0.224. The van der Waals surface area contributed by atoms with Crippen LogP contribution in [-0.2, 0) is 16.0 Å². The van der Waals surface area contributed by atoms with Gasteiger partial charge in [-0.1, -0.05) is 35.5 Å². The Morgan fingerprint density at radius 1 is 0.967 bits per heavy atom. The lowest BCUT2D eigenvalue weighted by Crippen LogP contribution is -2.53. The summed E-state index contributed by atoms with van der Waals surface area (Å²) in [5, 5.41) is 3.93. The minimum Gasteiger partial charge on any atom is -0.361 e. The predicted molar refractivity (Wildman–Crippen MR) is 113 cm³/mol. The molecule has 1 unspecified atom stereocenters. The van der Waals surface area contributed by atoms with Crippen molar-refractivity contribution in [3.05, 3.63) is 52.9 Å². The lowest BCUT2D eigenvalue weighted by atomic mass is 10.0. The summed E-state index contributed by atoms with van der Waals surface area (Å²) in [6.07, 6.45) is 2.58. The number of piperazine rings is 1. The molecule has 7 nitrogen and oxygen atoms in total. The van der Waals surface area contributed by atoms with E-state index in [4.69, 9.17) is 4.52 Å². The Kier molecular flexibility index (Phi) is 6.18. The highest BCUT2D eigenvalue weighted by molar-refractivity contribution is 5.84. The van der Waals surface area contributed by atoms with Crippen molar-refractivity contribution in [2.75, 3.05) is 39.3 Å². The number of aryl methyl sites for hydroxylation is 2. The molecule has 1 aromatic carbocycles. The maximum absolute atomic E-state index is 13.5. The first-order valence-electron chi connectivity index (χ1n) is 10.8. The zero-order valence-electron chi connectivity index (χ0n) is 17.8. The van der Waals surface area contributed by atoms with E-state index in [0.29, 0.717) is 38.4 Å². The molecule has 1 atom stereocenters. The summed E-state index contributed by atoms with van der Waals surface area (Å²) < 4.78 is 5.17. The van der Waals surface area contributed by atoms with Crippen molar-refractivity contribution in [1.29, 1.82) is 0 Å². The number of likely N-dealkylation sites (tertiary alicyclic amines) is 1. The number of rotatable bonds is 5. The summed E-state index contributed by atoms with van der Waals surface area (Å²) in [5.41, 5.74) is 2.70. The van der Waals surface area contributed by atoms with E-state index in [0.717, 1.165) is 42.8 Å². The van der Waals surface area contributed by atoms with E-state index in [1.54, 1.807) is 0 Å². The van der Waals surface area contributed by atoms with Gasteiger partial charge in [-0.15, -0.1) is 0 Å². The molecule has 7 heteroatoms. The molecule has 2 aromatic rings. The van der Waals surface area contributed by atoms with Gasteiger partial charge in [0.25, 0.3) is 0 Å². The van der Waals surface area contributed by atoms with Gasteiger partial charge in [-0.05, 0) is 45.3 Å². The number of hydrogen-bond donors (Lipinski definition) is 0. The van der Waals surface area contributed by atoms with Gasteiger partial charge in [-0.25, -0.2) is 0 Å². The van der Waals surface area contributed by atoms with Crippen LogP contribution in [0.5, 0.6) is 0 Å². The van der Waals surface area contributed by atoms with Gasteiger partial charge in [0.15, 0.2) is 0 Å². The third kappa shape index (κ3) is 4.26. The number of benzene rings is 1. The Hall–Kier alpha value is -2.67. The zero-order chi connectivity index (χ0) is 21.1. The minimum absolute atomic E-state index is 0.0654. The van der Waals surface area contributed by atoms with E-state index in [1.165, 1.54) is 0 Å². The molecule has 2 saturated heterocycles. The molecular formula is C23H30N4O3. The van der Waals surface area contributed by atoms with Gasteiger partial charge >= 0.3 is 0 Å². The number of hydrogen-bond acceptors (Lipinski definition) is 5. The Labute approximate surface area is 177 Å². The Morgan fingerprint density at radius 3 is 2.20 bits per heavy atom. The van der Waals surface area contributed by atoms with Crippen LogP contribution in [0.15, 0.2) is 34.9 Å². The number of carbonyl (C=O) groups excluding carboxylic acids is 2. The Bertz CT molecular complexity index is 862. The van der Waals surface area contributed by atoms with Crippen LogP contribution in [-0.4, -0.2) is 70.9 Å². The molecule has 2 fully saturated rings. The van der Waals surface area contributed by atoms with Crippen molar-refractivity contribution in [3.8, 4) is 0 Å². The second-order valence-electron chi connectivity index (χ2n) is 8.24. The standard InChI is InChI=1S/C23H30N4O3/c1-17-20(18(2)30-24-17)16-21(28)25-12-14-27(15-13-25)23(29)22(26-10-6-7-11-26)19-8-4-3-5-9-19/h3-5,8-9,22H,6-7,10-16H2,1-2H3. The van der Waals surface area contributed by atoms with Crippen molar-refractivity contribution in [2.45, 2.75) is 39.2 Å². The molecule has 2 aliphatic heterocycles. The smallest absolute Gasteiger partial charge is 0.244 e. The van der Waals surface area contributed by atoms with Crippen LogP contribution in [0.3, 0.4) is 0 Å². The molecule has 4 rings (SSSR count). The molecule has 2 amide bonds. The van der Waals surface area contributed by atoms with Gasteiger partial charge in [-0.3, -0.25) is 14.5 Å². The Balaban J connectivity index is 1.40. The van der Waals surface area contributed by atoms with Crippen molar-refractivity contribution in [2.24, 2.45) is 0 Å². The van der Waals surface area contributed by atoms with Gasteiger partial charge in [0.2, 0.25) is 11.8 Å². The van der Waals surface area contributed by atoms with Crippen molar-refractivity contribution < 1.29 is 14.1 Å². The molecule has 0 aliphatic carbocycles. The molecule has 1 aromatic heterocycles. The molecule has 3 heterocycles. The van der Waals surface area contributed by atoms with Gasteiger partial charge in [0.1, 0.15) is 11.8 Å². The highest BCUT2D eigenvalue weighted by atomic mass is 16.5. The second-order valence-corrected chi connectivity index (χ2v) is 8.24. The topological polar surface area (TPSA) is 69.9 Å². The van der Waals surface area contributed by atoms with Gasteiger partial charge in [-0.2, -0.15) is 0 Å². The maximum Gasteiger partial charge on any atom is 0.244 e. The maximum atomic E-state index is 13.5. The van der Waals surface area contributed by atoms with E-state index in [9.17, 15) is 9.59 Å². The fraction of sp³-hybridized carbons (Fsp3) is 0.522. The van der Waals surface area contributed by atoms with Crippen molar-refractivity contribution in [1.82, 2.24) is 19.9 Å². The molecule has 0 N–H and O–H groups in total. The van der Waals surface area contributed by atoms with E-state index in [-0.39, 0.29) is 17.9 Å².